The number of alkyl halides is 2. The second-order valence-corrected chi connectivity index (χ2v) is 3.43. The van der Waals surface area contributed by atoms with E-state index >= 15 is 0 Å². The van der Waals surface area contributed by atoms with Crippen molar-refractivity contribution in [1.29, 1.82) is 0 Å². The molecule has 0 aliphatic heterocycles. The van der Waals surface area contributed by atoms with Gasteiger partial charge in [0, 0.05) is 12.1 Å². The summed E-state index contributed by atoms with van der Waals surface area (Å²) in [6, 6.07) is 5.49. The molecular weight excluding hydrogens is 232 g/mol. The topological polar surface area (TPSA) is 58.6 Å². The number of nitrogens with one attached hydrogen (secondary N) is 1. The Morgan fingerprint density at radius 2 is 2.12 bits per heavy atom. The molecule has 0 unspecified atom stereocenters. The van der Waals surface area contributed by atoms with Crippen molar-refractivity contribution >= 4 is 5.97 Å². The molecule has 17 heavy (non-hydrogen) atoms. The monoisotopic (exact) mass is 245 g/mol. The lowest BCUT2D eigenvalue weighted by Gasteiger charge is -2.13. The van der Waals surface area contributed by atoms with Crippen molar-refractivity contribution in [2.75, 3.05) is 0 Å². The van der Waals surface area contributed by atoms with Gasteiger partial charge in [0.1, 0.15) is 11.8 Å². The fraction of sp³-hybridized carbons (Fsp3) is 0.364. The Labute approximate surface area is 97.2 Å². The van der Waals surface area contributed by atoms with Crippen molar-refractivity contribution in [2.24, 2.45) is 0 Å². The largest absolute Gasteiger partial charge is 0.480 e. The average Bonchev–Trinajstić information content (AvgIpc) is 2.26. The van der Waals surface area contributed by atoms with Gasteiger partial charge in [-0.25, -0.2) is 0 Å². The Morgan fingerprint density at radius 1 is 1.47 bits per heavy atom. The number of ether oxygens (including phenoxy) is 1. The maximum absolute atomic E-state index is 12.1. The molecule has 1 aromatic carbocycles. The third-order valence-corrected chi connectivity index (χ3v) is 2.16. The number of aliphatic carboxylic acids is 1. The zero-order valence-electron chi connectivity index (χ0n) is 9.19. The van der Waals surface area contributed by atoms with E-state index in [1.807, 2.05) is 0 Å². The predicted molar refractivity (Wildman–Crippen MR) is 57.0 cm³/mol. The van der Waals surface area contributed by atoms with Gasteiger partial charge in [0.2, 0.25) is 0 Å². The number of benzene rings is 1. The third kappa shape index (κ3) is 4.36. The minimum absolute atomic E-state index is 0.0487. The van der Waals surface area contributed by atoms with Crippen molar-refractivity contribution in [3.63, 3.8) is 0 Å². The lowest BCUT2D eigenvalue weighted by Crippen LogP contribution is -2.33. The predicted octanol–water partition coefficient (Wildman–Crippen LogP) is 1.85. The molecular formula is C11H13F2NO3. The minimum atomic E-state index is -2.90. The normalized spacial score (nSPS) is 12.5. The summed E-state index contributed by atoms with van der Waals surface area (Å²) in [5.41, 5.74) is 0.487. The number of halogens is 2. The lowest BCUT2D eigenvalue weighted by molar-refractivity contribution is -0.139. The van der Waals surface area contributed by atoms with E-state index in [1.165, 1.54) is 13.0 Å². The fourth-order valence-electron chi connectivity index (χ4n) is 1.21. The quantitative estimate of drug-likeness (QED) is 0.803. The van der Waals surface area contributed by atoms with Gasteiger partial charge in [0.05, 0.1) is 0 Å². The summed E-state index contributed by atoms with van der Waals surface area (Å²) >= 11 is 0. The van der Waals surface area contributed by atoms with E-state index in [0.29, 0.717) is 5.56 Å². The van der Waals surface area contributed by atoms with Crippen LogP contribution in [-0.2, 0) is 11.3 Å². The molecule has 0 radical (unpaired) electrons. The first-order valence-corrected chi connectivity index (χ1v) is 4.99. The van der Waals surface area contributed by atoms with Crippen LogP contribution in [0.4, 0.5) is 8.78 Å². The molecule has 2 N–H and O–H groups in total. The number of carboxylic acid groups (broad SMARTS) is 1. The number of carbonyl (C=O) groups is 1. The van der Waals surface area contributed by atoms with Crippen molar-refractivity contribution in [3.05, 3.63) is 29.8 Å². The molecule has 0 bridgehead atoms. The molecule has 0 spiro atoms. The maximum Gasteiger partial charge on any atom is 0.387 e. The average molecular weight is 245 g/mol. The molecule has 0 aliphatic carbocycles. The molecule has 1 atom stereocenters. The molecule has 94 valence electrons. The van der Waals surface area contributed by atoms with Crippen LogP contribution >= 0.6 is 0 Å². The van der Waals surface area contributed by atoms with Crippen molar-refractivity contribution in [2.45, 2.75) is 26.1 Å². The molecule has 0 aliphatic rings. The summed E-state index contributed by atoms with van der Waals surface area (Å²) in [7, 11) is 0. The molecule has 0 fully saturated rings. The van der Waals surface area contributed by atoms with Gasteiger partial charge >= 0.3 is 12.6 Å². The fourth-order valence-corrected chi connectivity index (χ4v) is 1.21. The summed E-state index contributed by atoms with van der Waals surface area (Å²) in [6.45, 7) is -1.28. The van der Waals surface area contributed by atoms with Gasteiger partial charge in [-0.1, -0.05) is 18.2 Å². The molecule has 1 aromatic rings. The van der Waals surface area contributed by atoms with Crippen LogP contribution in [0.25, 0.3) is 0 Å². The highest BCUT2D eigenvalue weighted by Gasteiger charge is 2.12. The number of hydrogen-bond donors (Lipinski definition) is 2. The Hall–Kier alpha value is -1.69. The Balaban J connectivity index is 2.66. The summed E-state index contributed by atoms with van der Waals surface area (Å²) in [4.78, 5) is 10.6. The van der Waals surface area contributed by atoms with Crippen molar-refractivity contribution in [1.82, 2.24) is 5.32 Å². The first-order chi connectivity index (χ1) is 8.00. The standard InChI is InChI=1S/C11H13F2NO3/c1-7(10(15)16)14-6-8-4-2-3-5-9(8)17-11(12)13/h2-5,7,11,14H,6H2,1H3,(H,15,16)/t7-/m1/s1. The Bertz CT molecular complexity index is 385. The molecule has 0 saturated heterocycles. The molecule has 0 amide bonds. The van der Waals surface area contributed by atoms with Gasteiger partial charge in [-0.2, -0.15) is 8.78 Å². The second-order valence-electron chi connectivity index (χ2n) is 3.43. The highest BCUT2D eigenvalue weighted by molar-refractivity contribution is 5.72. The van der Waals surface area contributed by atoms with Crippen LogP contribution in [0.3, 0.4) is 0 Å². The first-order valence-electron chi connectivity index (χ1n) is 4.99. The van der Waals surface area contributed by atoms with Crippen molar-refractivity contribution < 1.29 is 23.4 Å². The lowest BCUT2D eigenvalue weighted by atomic mass is 10.2. The second kappa shape index (κ2) is 6.15. The number of rotatable bonds is 6. The van der Waals surface area contributed by atoms with E-state index in [9.17, 15) is 13.6 Å². The van der Waals surface area contributed by atoms with Gasteiger partial charge in [-0.15, -0.1) is 0 Å². The number of para-hydroxylation sites is 1. The van der Waals surface area contributed by atoms with Crippen molar-refractivity contribution in [3.8, 4) is 5.75 Å². The smallest absolute Gasteiger partial charge is 0.387 e. The summed E-state index contributed by atoms with van der Waals surface area (Å²) in [5, 5.41) is 11.3. The summed E-state index contributed by atoms with van der Waals surface area (Å²) in [5.74, 6) is -0.954. The van der Waals surface area contributed by atoms with Gasteiger partial charge in [-0.3, -0.25) is 4.79 Å². The number of hydrogen-bond acceptors (Lipinski definition) is 3. The number of carboxylic acids is 1. The molecule has 4 nitrogen and oxygen atoms in total. The van der Waals surface area contributed by atoms with Crippen LogP contribution in [0.15, 0.2) is 24.3 Å². The zero-order chi connectivity index (χ0) is 12.8. The molecule has 0 aromatic heterocycles. The SMILES string of the molecule is C[C@@H](NCc1ccccc1OC(F)F)C(=O)O. The van der Waals surface area contributed by atoms with Crippen LogP contribution in [0, 0.1) is 0 Å². The highest BCUT2D eigenvalue weighted by Crippen LogP contribution is 2.19. The van der Waals surface area contributed by atoms with Gasteiger partial charge in [0.25, 0.3) is 0 Å². The first kappa shape index (κ1) is 13.4. The molecule has 1 rings (SSSR count). The van der Waals surface area contributed by atoms with E-state index < -0.39 is 18.6 Å². The van der Waals surface area contributed by atoms with E-state index in [-0.39, 0.29) is 12.3 Å². The van der Waals surface area contributed by atoms with E-state index in [4.69, 9.17) is 5.11 Å². The molecule has 0 saturated carbocycles. The van der Waals surface area contributed by atoms with E-state index in [2.05, 4.69) is 10.1 Å². The molecule has 6 heteroatoms. The van der Waals surface area contributed by atoms with E-state index in [1.54, 1.807) is 18.2 Å². The highest BCUT2D eigenvalue weighted by atomic mass is 19.3. The summed E-state index contributed by atoms with van der Waals surface area (Å²) in [6.07, 6.45) is 0. The van der Waals surface area contributed by atoms with Gasteiger partial charge in [0.15, 0.2) is 0 Å². The Kier molecular flexibility index (Phi) is 4.84. The maximum atomic E-state index is 12.1. The minimum Gasteiger partial charge on any atom is -0.480 e. The molecule has 0 heterocycles. The van der Waals surface area contributed by atoms with Crippen LogP contribution in [0.1, 0.15) is 12.5 Å². The van der Waals surface area contributed by atoms with Crippen LogP contribution in [0.5, 0.6) is 5.75 Å². The third-order valence-electron chi connectivity index (χ3n) is 2.16. The van der Waals surface area contributed by atoms with Gasteiger partial charge < -0.3 is 15.2 Å². The Morgan fingerprint density at radius 3 is 2.71 bits per heavy atom. The van der Waals surface area contributed by atoms with Crippen LogP contribution < -0.4 is 10.1 Å². The van der Waals surface area contributed by atoms with Gasteiger partial charge in [-0.05, 0) is 13.0 Å². The zero-order valence-corrected chi connectivity index (χ0v) is 9.19. The van der Waals surface area contributed by atoms with E-state index in [0.717, 1.165) is 0 Å². The van der Waals surface area contributed by atoms with Crippen LogP contribution in [-0.4, -0.2) is 23.7 Å². The summed E-state index contributed by atoms with van der Waals surface area (Å²) < 4.78 is 28.5. The van der Waals surface area contributed by atoms with Crippen LogP contribution in [0.2, 0.25) is 0 Å².